The van der Waals surface area contributed by atoms with Crippen LogP contribution in [0.25, 0.3) is 0 Å². The number of hydrogen-bond donors (Lipinski definition) is 1. The van der Waals surface area contributed by atoms with E-state index in [1.165, 1.54) is 0 Å². The molecular formula is C12H22N2O3. The summed E-state index contributed by atoms with van der Waals surface area (Å²) >= 11 is 0. The summed E-state index contributed by atoms with van der Waals surface area (Å²) in [5.74, 6) is 0.103. The standard InChI is InChI=1S/C12H22N2O3/c1-3-10-8-14(7-9(2)17-10)12(15)11-6-13-4-5-16-11/h9-11,13H,3-8H2,1-2H3/t9-,10-,11-/m1/s1. The lowest BCUT2D eigenvalue weighted by Gasteiger charge is -2.38. The van der Waals surface area contributed by atoms with Crippen LogP contribution in [-0.2, 0) is 14.3 Å². The van der Waals surface area contributed by atoms with Gasteiger partial charge in [-0.25, -0.2) is 0 Å². The van der Waals surface area contributed by atoms with Crippen molar-refractivity contribution in [3.05, 3.63) is 0 Å². The van der Waals surface area contributed by atoms with Crippen LogP contribution in [0.1, 0.15) is 20.3 Å². The van der Waals surface area contributed by atoms with Gasteiger partial charge in [0.2, 0.25) is 0 Å². The molecule has 17 heavy (non-hydrogen) atoms. The predicted octanol–water partition coefficient (Wildman–Crippen LogP) is 0.000700. The molecule has 2 heterocycles. The second-order valence-electron chi connectivity index (χ2n) is 4.78. The van der Waals surface area contributed by atoms with Gasteiger partial charge in [-0.1, -0.05) is 6.92 Å². The number of nitrogens with zero attached hydrogens (tertiary/aromatic N) is 1. The Morgan fingerprint density at radius 2 is 2.29 bits per heavy atom. The summed E-state index contributed by atoms with van der Waals surface area (Å²) in [5, 5.41) is 3.19. The molecule has 3 atom stereocenters. The van der Waals surface area contributed by atoms with E-state index in [4.69, 9.17) is 9.47 Å². The van der Waals surface area contributed by atoms with Crippen molar-refractivity contribution in [2.24, 2.45) is 0 Å². The molecule has 0 aromatic carbocycles. The molecule has 0 radical (unpaired) electrons. The number of carbonyl (C=O) groups excluding carboxylic acids is 1. The van der Waals surface area contributed by atoms with Crippen molar-refractivity contribution in [1.82, 2.24) is 10.2 Å². The highest BCUT2D eigenvalue weighted by atomic mass is 16.5. The highest BCUT2D eigenvalue weighted by Crippen LogP contribution is 2.15. The largest absolute Gasteiger partial charge is 0.372 e. The summed E-state index contributed by atoms with van der Waals surface area (Å²) in [7, 11) is 0. The Balaban J connectivity index is 1.93. The lowest BCUT2D eigenvalue weighted by Crippen LogP contribution is -2.55. The molecule has 98 valence electrons. The maximum atomic E-state index is 12.3. The second-order valence-corrected chi connectivity index (χ2v) is 4.78. The normalized spacial score (nSPS) is 34.7. The van der Waals surface area contributed by atoms with E-state index in [0.29, 0.717) is 26.2 Å². The van der Waals surface area contributed by atoms with Gasteiger partial charge in [0.15, 0.2) is 0 Å². The zero-order chi connectivity index (χ0) is 12.3. The molecule has 2 aliphatic heterocycles. The number of amides is 1. The third-order valence-corrected chi connectivity index (χ3v) is 3.30. The van der Waals surface area contributed by atoms with Crippen LogP contribution in [0.3, 0.4) is 0 Å². The van der Waals surface area contributed by atoms with Crippen molar-refractivity contribution < 1.29 is 14.3 Å². The molecule has 1 N–H and O–H groups in total. The van der Waals surface area contributed by atoms with Gasteiger partial charge in [0.1, 0.15) is 6.10 Å². The van der Waals surface area contributed by atoms with Crippen LogP contribution in [-0.4, -0.2) is 61.9 Å². The summed E-state index contributed by atoms with van der Waals surface area (Å²) in [5.41, 5.74) is 0. The van der Waals surface area contributed by atoms with Crippen LogP contribution in [0.2, 0.25) is 0 Å². The zero-order valence-corrected chi connectivity index (χ0v) is 10.6. The van der Waals surface area contributed by atoms with E-state index in [1.54, 1.807) is 0 Å². The van der Waals surface area contributed by atoms with Gasteiger partial charge in [-0.05, 0) is 13.3 Å². The molecule has 2 fully saturated rings. The minimum absolute atomic E-state index is 0.103. The minimum atomic E-state index is -0.313. The first-order valence-electron chi connectivity index (χ1n) is 6.47. The molecule has 0 bridgehead atoms. The molecule has 2 aliphatic rings. The van der Waals surface area contributed by atoms with Crippen LogP contribution in [0.15, 0.2) is 0 Å². The van der Waals surface area contributed by atoms with Gasteiger partial charge >= 0.3 is 0 Å². The van der Waals surface area contributed by atoms with Gasteiger partial charge in [-0.15, -0.1) is 0 Å². The average molecular weight is 242 g/mol. The summed E-state index contributed by atoms with van der Waals surface area (Å²) in [4.78, 5) is 14.2. The topological polar surface area (TPSA) is 50.8 Å². The molecule has 5 nitrogen and oxygen atoms in total. The van der Waals surface area contributed by atoms with Crippen molar-refractivity contribution in [3.63, 3.8) is 0 Å². The molecule has 0 unspecified atom stereocenters. The summed E-state index contributed by atoms with van der Waals surface area (Å²) < 4.78 is 11.3. The molecule has 5 heteroatoms. The maximum absolute atomic E-state index is 12.3. The van der Waals surface area contributed by atoms with E-state index in [2.05, 4.69) is 12.2 Å². The molecule has 2 rings (SSSR count). The molecule has 0 saturated carbocycles. The number of hydrogen-bond acceptors (Lipinski definition) is 4. The van der Waals surface area contributed by atoms with E-state index in [-0.39, 0.29) is 24.2 Å². The Morgan fingerprint density at radius 3 is 2.94 bits per heavy atom. The van der Waals surface area contributed by atoms with Gasteiger partial charge in [0.25, 0.3) is 5.91 Å². The molecule has 2 saturated heterocycles. The van der Waals surface area contributed by atoms with Gasteiger partial charge in [-0.2, -0.15) is 0 Å². The predicted molar refractivity (Wildman–Crippen MR) is 63.8 cm³/mol. The first-order valence-corrected chi connectivity index (χ1v) is 6.47. The molecular weight excluding hydrogens is 220 g/mol. The number of rotatable bonds is 2. The molecule has 1 amide bonds. The van der Waals surface area contributed by atoms with Crippen LogP contribution < -0.4 is 5.32 Å². The van der Waals surface area contributed by atoms with Crippen molar-refractivity contribution in [1.29, 1.82) is 0 Å². The molecule has 0 spiro atoms. The minimum Gasteiger partial charge on any atom is -0.372 e. The van der Waals surface area contributed by atoms with Crippen molar-refractivity contribution in [3.8, 4) is 0 Å². The van der Waals surface area contributed by atoms with Crippen LogP contribution in [0.4, 0.5) is 0 Å². The van der Waals surface area contributed by atoms with Crippen LogP contribution >= 0.6 is 0 Å². The molecule has 0 aromatic rings. The zero-order valence-electron chi connectivity index (χ0n) is 10.6. The number of carbonyl (C=O) groups is 1. The first-order chi connectivity index (χ1) is 8.20. The average Bonchev–Trinajstić information content (AvgIpc) is 2.38. The SMILES string of the molecule is CC[C@@H]1CN(C(=O)[C@H]2CNCCO2)C[C@@H](C)O1. The molecule has 0 aliphatic carbocycles. The summed E-state index contributed by atoms with van der Waals surface area (Å²) in [6.45, 7) is 7.55. The Hall–Kier alpha value is -0.650. The fourth-order valence-electron chi connectivity index (χ4n) is 2.38. The highest BCUT2D eigenvalue weighted by Gasteiger charge is 2.32. The third-order valence-electron chi connectivity index (χ3n) is 3.30. The van der Waals surface area contributed by atoms with Crippen LogP contribution in [0, 0.1) is 0 Å². The van der Waals surface area contributed by atoms with Crippen molar-refractivity contribution >= 4 is 5.91 Å². The monoisotopic (exact) mass is 242 g/mol. The van der Waals surface area contributed by atoms with E-state index in [0.717, 1.165) is 13.0 Å². The number of nitrogens with one attached hydrogen (secondary N) is 1. The fraction of sp³-hybridized carbons (Fsp3) is 0.917. The maximum Gasteiger partial charge on any atom is 0.253 e. The third kappa shape index (κ3) is 3.18. The first kappa shape index (κ1) is 12.8. The Labute approximate surface area is 102 Å². The Morgan fingerprint density at radius 1 is 1.47 bits per heavy atom. The lowest BCUT2D eigenvalue weighted by atomic mass is 10.1. The second kappa shape index (κ2) is 5.80. The Kier molecular flexibility index (Phi) is 4.36. The van der Waals surface area contributed by atoms with E-state index < -0.39 is 0 Å². The van der Waals surface area contributed by atoms with Gasteiger partial charge in [-0.3, -0.25) is 4.79 Å². The number of morpholine rings is 2. The van der Waals surface area contributed by atoms with E-state index in [1.807, 2.05) is 11.8 Å². The van der Waals surface area contributed by atoms with Gasteiger partial charge in [0.05, 0.1) is 18.8 Å². The van der Waals surface area contributed by atoms with Crippen LogP contribution in [0.5, 0.6) is 0 Å². The summed E-state index contributed by atoms with van der Waals surface area (Å²) in [6, 6.07) is 0. The van der Waals surface area contributed by atoms with E-state index in [9.17, 15) is 4.79 Å². The summed E-state index contributed by atoms with van der Waals surface area (Å²) in [6.07, 6.45) is 0.915. The lowest BCUT2D eigenvalue weighted by molar-refractivity contribution is -0.157. The highest BCUT2D eigenvalue weighted by molar-refractivity contribution is 5.81. The van der Waals surface area contributed by atoms with E-state index >= 15 is 0 Å². The smallest absolute Gasteiger partial charge is 0.253 e. The van der Waals surface area contributed by atoms with Crippen molar-refractivity contribution in [2.75, 3.05) is 32.8 Å². The number of ether oxygens (including phenoxy) is 2. The Bertz CT molecular complexity index is 266. The quantitative estimate of drug-likeness (QED) is 0.740. The van der Waals surface area contributed by atoms with Crippen molar-refractivity contribution in [2.45, 2.75) is 38.6 Å². The fourth-order valence-corrected chi connectivity index (χ4v) is 2.38. The van der Waals surface area contributed by atoms with Gasteiger partial charge < -0.3 is 19.7 Å². The molecule has 0 aromatic heterocycles. The van der Waals surface area contributed by atoms with Gasteiger partial charge in [0, 0.05) is 26.2 Å².